The van der Waals surface area contributed by atoms with Crippen LogP contribution >= 0.6 is 34.8 Å². The predicted octanol–water partition coefficient (Wildman–Crippen LogP) is 6.00. The van der Waals surface area contributed by atoms with Gasteiger partial charge in [0.1, 0.15) is 0 Å². The summed E-state index contributed by atoms with van der Waals surface area (Å²) in [5.41, 5.74) is 10.4. The summed E-state index contributed by atoms with van der Waals surface area (Å²) in [6, 6.07) is 5.97. The standard InChI is InChI=1S/C21H22Cl3N3/c1-21(6-4-17(23)18(24)11-21)27-14-8-12(5-7-25)20-16(10-14)15-9-13(22)2-3-19(15)26-20/h2-4,9-12,26-27H,5-8,25H2,1H3. The Hall–Kier alpha value is -1.39. The van der Waals surface area contributed by atoms with Crippen LogP contribution in [0.2, 0.25) is 5.02 Å². The summed E-state index contributed by atoms with van der Waals surface area (Å²) in [5, 5.41) is 6.78. The first kappa shape index (κ1) is 18.9. The third kappa shape index (κ3) is 3.66. The summed E-state index contributed by atoms with van der Waals surface area (Å²) < 4.78 is 0. The molecule has 1 aromatic heterocycles. The zero-order valence-electron chi connectivity index (χ0n) is 15.1. The van der Waals surface area contributed by atoms with Crippen LogP contribution in [0.5, 0.6) is 0 Å². The monoisotopic (exact) mass is 421 g/mol. The largest absolute Gasteiger partial charge is 0.379 e. The fourth-order valence-electron chi connectivity index (χ4n) is 4.08. The van der Waals surface area contributed by atoms with Crippen LogP contribution in [0.4, 0.5) is 0 Å². The minimum absolute atomic E-state index is 0.268. The topological polar surface area (TPSA) is 53.8 Å². The second-order valence-electron chi connectivity index (χ2n) is 7.58. The van der Waals surface area contributed by atoms with Gasteiger partial charge in [-0.05, 0) is 63.1 Å². The van der Waals surface area contributed by atoms with Crippen molar-refractivity contribution >= 4 is 51.8 Å². The molecule has 2 aromatic rings. The van der Waals surface area contributed by atoms with E-state index in [0.29, 0.717) is 22.5 Å². The Morgan fingerprint density at radius 1 is 1.26 bits per heavy atom. The first-order valence-corrected chi connectivity index (χ1v) is 10.3. The van der Waals surface area contributed by atoms with Gasteiger partial charge in [0.2, 0.25) is 0 Å². The zero-order chi connectivity index (χ0) is 19.2. The van der Waals surface area contributed by atoms with Gasteiger partial charge in [0, 0.05) is 38.8 Å². The van der Waals surface area contributed by atoms with Gasteiger partial charge in [0.15, 0.2) is 0 Å². The minimum Gasteiger partial charge on any atom is -0.379 e. The van der Waals surface area contributed by atoms with E-state index in [1.165, 1.54) is 17.0 Å². The lowest BCUT2D eigenvalue weighted by atomic mass is 9.85. The first-order valence-electron chi connectivity index (χ1n) is 9.13. The lowest BCUT2D eigenvalue weighted by Gasteiger charge is -2.34. The molecule has 0 radical (unpaired) electrons. The highest BCUT2D eigenvalue weighted by Crippen LogP contribution is 2.40. The summed E-state index contributed by atoms with van der Waals surface area (Å²) >= 11 is 18.6. The number of H-pyrrole nitrogens is 1. The van der Waals surface area contributed by atoms with Gasteiger partial charge in [-0.25, -0.2) is 0 Å². The summed E-state index contributed by atoms with van der Waals surface area (Å²) in [5.74, 6) is 0.342. The van der Waals surface area contributed by atoms with Crippen molar-refractivity contribution in [3.63, 3.8) is 0 Å². The van der Waals surface area contributed by atoms with Gasteiger partial charge < -0.3 is 16.0 Å². The number of hydrogen-bond donors (Lipinski definition) is 3. The van der Waals surface area contributed by atoms with Crippen LogP contribution in [0.15, 0.2) is 46.1 Å². The molecule has 1 heterocycles. The van der Waals surface area contributed by atoms with E-state index in [-0.39, 0.29) is 5.54 Å². The number of halogens is 3. The van der Waals surface area contributed by atoms with E-state index < -0.39 is 0 Å². The lowest BCUT2D eigenvalue weighted by molar-refractivity contribution is 0.459. The molecule has 27 heavy (non-hydrogen) atoms. The lowest BCUT2D eigenvalue weighted by Crippen LogP contribution is -2.41. The van der Waals surface area contributed by atoms with Gasteiger partial charge in [0.25, 0.3) is 0 Å². The molecule has 0 saturated heterocycles. The van der Waals surface area contributed by atoms with Crippen molar-refractivity contribution in [1.82, 2.24) is 10.3 Å². The van der Waals surface area contributed by atoms with Gasteiger partial charge in [0.05, 0.1) is 15.6 Å². The fraction of sp³-hybridized carbons (Fsp3) is 0.333. The van der Waals surface area contributed by atoms with E-state index in [9.17, 15) is 0 Å². The highest BCUT2D eigenvalue weighted by atomic mass is 35.5. The molecule has 2 aliphatic rings. The summed E-state index contributed by atoms with van der Waals surface area (Å²) in [6.07, 6.45) is 8.80. The molecule has 0 amide bonds. The molecule has 142 valence electrons. The van der Waals surface area contributed by atoms with Crippen LogP contribution in [0.1, 0.15) is 43.4 Å². The summed E-state index contributed by atoms with van der Waals surface area (Å²) in [7, 11) is 0. The van der Waals surface area contributed by atoms with Crippen molar-refractivity contribution in [2.75, 3.05) is 6.54 Å². The number of nitrogens with one attached hydrogen (secondary N) is 2. The zero-order valence-corrected chi connectivity index (χ0v) is 17.3. The predicted molar refractivity (Wildman–Crippen MR) is 116 cm³/mol. The van der Waals surface area contributed by atoms with E-state index in [0.717, 1.165) is 35.2 Å². The van der Waals surface area contributed by atoms with E-state index in [1.807, 2.05) is 30.4 Å². The van der Waals surface area contributed by atoms with Crippen molar-refractivity contribution in [3.8, 4) is 0 Å². The van der Waals surface area contributed by atoms with Crippen molar-refractivity contribution in [2.45, 2.75) is 37.6 Å². The number of allylic oxidation sites excluding steroid dienone is 3. The van der Waals surface area contributed by atoms with Gasteiger partial charge >= 0.3 is 0 Å². The van der Waals surface area contributed by atoms with Crippen molar-refractivity contribution in [1.29, 1.82) is 0 Å². The molecule has 2 aliphatic carbocycles. The number of aromatic nitrogens is 1. The molecule has 2 unspecified atom stereocenters. The number of aromatic amines is 1. The Balaban J connectivity index is 1.74. The van der Waals surface area contributed by atoms with E-state index >= 15 is 0 Å². The molecular formula is C21H22Cl3N3. The molecule has 6 heteroatoms. The molecule has 3 nitrogen and oxygen atoms in total. The Morgan fingerprint density at radius 3 is 2.81 bits per heavy atom. The molecule has 0 fully saturated rings. The van der Waals surface area contributed by atoms with Crippen LogP contribution in [-0.2, 0) is 0 Å². The number of rotatable bonds is 4. The van der Waals surface area contributed by atoms with Crippen LogP contribution in [0.3, 0.4) is 0 Å². The van der Waals surface area contributed by atoms with Gasteiger partial charge in [-0.15, -0.1) is 0 Å². The smallest absolute Gasteiger partial charge is 0.0577 e. The number of fused-ring (bicyclic) bond motifs is 3. The normalized spacial score (nSPS) is 24.9. The first-order chi connectivity index (χ1) is 12.9. The van der Waals surface area contributed by atoms with Crippen LogP contribution < -0.4 is 11.1 Å². The molecule has 1 aromatic carbocycles. The Kier molecular flexibility index (Phi) is 5.06. The third-order valence-electron chi connectivity index (χ3n) is 5.36. The number of hydrogen-bond acceptors (Lipinski definition) is 2. The van der Waals surface area contributed by atoms with Crippen LogP contribution in [0, 0.1) is 0 Å². The van der Waals surface area contributed by atoms with E-state index in [2.05, 4.69) is 23.3 Å². The summed E-state index contributed by atoms with van der Waals surface area (Å²) in [4.78, 5) is 3.58. The van der Waals surface area contributed by atoms with Crippen LogP contribution in [-0.4, -0.2) is 17.1 Å². The Labute approximate surface area is 174 Å². The van der Waals surface area contributed by atoms with E-state index in [4.69, 9.17) is 40.5 Å². The molecule has 4 N–H and O–H groups in total. The molecule has 0 saturated carbocycles. The molecular weight excluding hydrogens is 401 g/mol. The highest BCUT2D eigenvalue weighted by Gasteiger charge is 2.30. The third-order valence-corrected chi connectivity index (χ3v) is 6.37. The van der Waals surface area contributed by atoms with Gasteiger partial charge in [-0.1, -0.05) is 40.9 Å². The van der Waals surface area contributed by atoms with Gasteiger partial charge in [-0.2, -0.15) is 0 Å². The molecule has 0 bridgehead atoms. The highest BCUT2D eigenvalue weighted by molar-refractivity contribution is 6.44. The van der Waals surface area contributed by atoms with Crippen molar-refractivity contribution < 1.29 is 0 Å². The fourth-order valence-corrected chi connectivity index (χ4v) is 4.70. The minimum atomic E-state index is -0.268. The summed E-state index contributed by atoms with van der Waals surface area (Å²) in [6.45, 7) is 2.78. The molecule has 2 atom stereocenters. The maximum absolute atomic E-state index is 6.27. The molecule has 0 spiro atoms. The molecule has 0 aliphatic heterocycles. The second-order valence-corrected chi connectivity index (χ2v) is 8.83. The SMILES string of the molecule is CC1(NC2=Cc3c([nH]c4ccc(Cl)cc34)C(CCN)C2)C=C(Cl)C(Cl)=CC1. The second kappa shape index (κ2) is 7.21. The average molecular weight is 423 g/mol. The van der Waals surface area contributed by atoms with Gasteiger partial charge in [-0.3, -0.25) is 0 Å². The number of nitrogens with two attached hydrogens (primary N) is 1. The average Bonchev–Trinajstić information content (AvgIpc) is 2.97. The van der Waals surface area contributed by atoms with Crippen LogP contribution in [0.25, 0.3) is 17.0 Å². The number of benzene rings is 1. The van der Waals surface area contributed by atoms with Crippen molar-refractivity contribution in [2.24, 2.45) is 5.73 Å². The van der Waals surface area contributed by atoms with E-state index in [1.54, 1.807) is 0 Å². The van der Waals surface area contributed by atoms with Crippen molar-refractivity contribution in [3.05, 3.63) is 62.4 Å². The maximum atomic E-state index is 6.27. The molecule has 4 rings (SSSR count). The maximum Gasteiger partial charge on any atom is 0.0577 e. The Morgan fingerprint density at radius 2 is 2.07 bits per heavy atom. The quantitative estimate of drug-likeness (QED) is 0.566. The Bertz CT molecular complexity index is 986.